The Hall–Kier alpha value is -4.17. The molecule has 7 nitrogen and oxygen atoms in total. The molecule has 0 saturated heterocycles. The topological polar surface area (TPSA) is 87.7 Å². The third-order valence-electron chi connectivity index (χ3n) is 4.90. The average Bonchev–Trinajstić information content (AvgIpc) is 3.04. The van der Waals surface area contributed by atoms with Crippen LogP contribution < -0.4 is 20.3 Å². The van der Waals surface area contributed by atoms with Crippen molar-refractivity contribution in [1.82, 2.24) is 0 Å². The maximum Gasteiger partial charge on any atom is 0.283 e. The lowest BCUT2D eigenvalue weighted by Crippen LogP contribution is -2.32. The van der Waals surface area contributed by atoms with Crippen molar-refractivity contribution in [3.63, 3.8) is 0 Å². The highest BCUT2D eigenvalue weighted by molar-refractivity contribution is 6.53. The van der Waals surface area contributed by atoms with Crippen LogP contribution >= 0.6 is 11.6 Å². The molecule has 3 amide bonds. The number of carbonyl (C=O) groups excluding carboxylic acids is 3. The number of halogens is 2. The molecule has 0 spiro atoms. The van der Waals surface area contributed by atoms with Gasteiger partial charge >= 0.3 is 0 Å². The van der Waals surface area contributed by atoms with Gasteiger partial charge < -0.3 is 15.4 Å². The highest BCUT2D eigenvalue weighted by atomic mass is 35.5. The summed E-state index contributed by atoms with van der Waals surface area (Å²) >= 11 is 6.14. The zero-order valence-corrected chi connectivity index (χ0v) is 18.0. The molecule has 0 atom stereocenters. The molecule has 0 saturated carbocycles. The molecule has 0 fully saturated rings. The third-order valence-corrected chi connectivity index (χ3v) is 5.25. The molecule has 1 heterocycles. The van der Waals surface area contributed by atoms with E-state index in [1.54, 1.807) is 42.5 Å². The summed E-state index contributed by atoms with van der Waals surface area (Å²) in [7, 11) is 1.51. The second-order valence-corrected chi connectivity index (χ2v) is 7.35. The van der Waals surface area contributed by atoms with E-state index in [0.29, 0.717) is 17.1 Å². The fraction of sp³-hybridized carbons (Fsp3) is 0.0417. The van der Waals surface area contributed by atoms with Gasteiger partial charge in [-0.1, -0.05) is 23.7 Å². The van der Waals surface area contributed by atoms with Crippen molar-refractivity contribution in [3.8, 4) is 5.75 Å². The van der Waals surface area contributed by atoms with E-state index in [1.165, 1.54) is 37.4 Å². The molecule has 1 aliphatic heterocycles. The molecule has 33 heavy (non-hydrogen) atoms. The van der Waals surface area contributed by atoms with Gasteiger partial charge in [-0.25, -0.2) is 9.29 Å². The number of carbonyl (C=O) groups is 3. The van der Waals surface area contributed by atoms with Crippen molar-refractivity contribution >= 4 is 46.4 Å². The molecule has 166 valence electrons. The van der Waals surface area contributed by atoms with E-state index < -0.39 is 23.5 Å². The molecule has 9 heteroatoms. The minimum absolute atomic E-state index is 0.0651. The fourth-order valence-corrected chi connectivity index (χ4v) is 3.40. The van der Waals surface area contributed by atoms with Crippen molar-refractivity contribution in [2.24, 2.45) is 0 Å². The minimum atomic E-state index is -0.657. The number of imide groups is 1. The summed E-state index contributed by atoms with van der Waals surface area (Å²) in [5, 5.41) is 5.08. The van der Waals surface area contributed by atoms with Crippen molar-refractivity contribution < 1.29 is 23.5 Å². The van der Waals surface area contributed by atoms with Gasteiger partial charge in [-0.05, 0) is 60.7 Å². The van der Waals surface area contributed by atoms with Crippen molar-refractivity contribution in [2.75, 3.05) is 22.6 Å². The summed E-state index contributed by atoms with van der Waals surface area (Å²) in [5.41, 5.74) is 1.04. The van der Waals surface area contributed by atoms with E-state index >= 15 is 0 Å². The number of ether oxygens (including phenoxy) is 1. The predicted octanol–water partition coefficient (Wildman–Crippen LogP) is 4.52. The van der Waals surface area contributed by atoms with Crippen LogP contribution in [0, 0.1) is 5.82 Å². The number of methoxy groups -OCH3 is 1. The van der Waals surface area contributed by atoms with Crippen LogP contribution in [0.4, 0.5) is 21.5 Å². The smallest absolute Gasteiger partial charge is 0.283 e. The van der Waals surface area contributed by atoms with Gasteiger partial charge in [-0.2, -0.15) is 0 Å². The van der Waals surface area contributed by atoms with Crippen LogP contribution in [-0.4, -0.2) is 24.8 Å². The molecule has 3 aromatic carbocycles. The second-order valence-electron chi connectivity index (χ2n) is 6.97. The number of nitrogens with zero attached hydrogens (tertiary/aromatic N) is 1. The molecule has 3 aromatic rings. The molecule has 0 aromatic heterocycles. The van der Waals surface area contributed by atoms with Gasteiger partial charge in [0.25, 0.3) is 17.7 Å². The maximum atomic E-state index is 13.7. The zero-order valence-electron chi connectivity index (χ0n) is 17.3. The van der Waals surface area contributed by atoms with Crippen molar-refractivity contribution in [1.29, 1.82) is 0 Å². The number of hydrogen-bond donors (Lipinski definition) is 2. The number of hydrogen-bond acceptors (Lipinski definition) is 5. The summed E-state index contributed by atoms with van der Waals surface area (Å²) in [4.78, 5) is 38.8. The lowest BCUT2D eigenvalue weighted by atomic mass is 10.2. The lowest BCUT2D eigenvalue weighted by molar-refractivity contribution is -0.120. The highest BCUT2D eigenvalue weighted by Gasteiger charge is 2.38. The standard InChI is InChI=1S/C24H17ClFN3O4/c1-33-17-12-10-16(11-13-17)29-23(31)20(25)21(24(29)32)27-15-8-6-14(7-9-15)22(30)28-19-5-3-2-4-18(19)26/h2-13,27H,1H3,(H,28,30). The van der Waals surface area contributed by atoms with E-state index in [2.05, 4.69) is 10.6 Å². The van der Waals surface area contributed by atoms with Gasteiger partial charge in [0.2, 0.25) is 0 Å². The number of rotatable bonds is 6. The summed E-state index contributed by atoms with van der Waals surface area (Å²) in [6.45, 7) is 0. The Bertz CT molecular complexity index is 1270. The largest absolute Gasteiger partial charge is 0.497 e. The molecule has 0 unspecified atom stereocenters. The molecule has 2 N–H and O–H groups in total. The Balaban J connectivity index is 1.48. The third kappa shape index (κ3) is 4.42. The molecule has 0 aliphatic carbocycles. The molecule has 0 bridgehead atoms. The summed E-state index contributed by atoms with van der Waals surface area (Å²) in [5.74, 6) is -1.74. The van der Waals surface area contributed by atoms with Crippen LogP contribution in [0.25, 0.3) is 0 Å². The first kappa shape index (κ1) is 22.0. The first-order valence-electron chi connectivity index (χ1n) is 9.74. The number of anilines is 3. The summed E-state index contributed by atoms with van der Waals surface area (Å²) in [6.07, 6.45) is 0. The highest BCUT2D eigenvalue weighted by Crippen LogP contribution is 2.31. The molecule has 0 radical (unpaired) electrons. The Labute approximate surface area is 193 Å². The fourth-order valence-electron chi connectivity index (χ4n) is 3.18. The van der Waals surface area contributed by atoms with Gasteiger partial charge in [0, 0.05) is 11.3 Å². The molecular weight excluding hydrogens is 449 g/mol. The van der Waals surface area contributed by atoms with E-state index in [1.807, 2.05) is 0 Å². The van der Waals surface area contributed by atoms with Gasteiger partial charge in [0.15, 0.2) is 0 Å². The van der Waals surface area contributed by atoms with E-state index in [0.717, 1.165) is 4.90 Å². The van der Waals surface area contributed by atoms with Gasteiger partial charge in [0.05, 0.1) is 18.5 Å². The number of para-hydroxylation sites is 1. The Morgan fingerprint density at radius 3 is 2.24 bits per heavy atom. The zero-order chi connectivity index (χ0) is 23.5. The summed E-state index contributed by atoms with van der Waals surface area (Å²) in [6, 6.07) is 18.3. The summed E-state index contributed by atoms with van der Waals surface area (Å²) < 4.78 is 18.8. The first-order valence-corrected chi connectivity index (χ1v) is 10.1. The van der Waals surface area contributed by atoms with Crippen LogP contribution in [0.15, 0.2) is 83.5 Å². The quantitative estimate of drug-likeness (QED) is 0.522. The SMILES string of the molecule is COc1ccc(N2C(=O)C(Cl)=C(Nc3ccc(C(=O)Nc4ccccc4F)cc3)C2=O)cc1. The normalized spacial score (nSPS) is 13.4. The number of amides is 3. The van der Waals surface area contributed by atoms with Crippen LogP contribution in [-0.2, 0) is 9.59 Å². The number of nitrogens with one attached hydrogen (secondary N) is 2. The van der Waals surface area contributed by atoms with E-state index in [4.69, 9.17) is 16.3 Å². The van der Waals surface area contributed by atoms with E-state index in [-0.39, 0.29) is 22.0 Å². The van der Waals surface area contributed by atoms with Crippen LogP contribution in [0.5, 0.6) is 5.75 Å². The van der Waals surface area contributed by atoms with Gasteiger partial charge in [-0.3, -0.25) is 14.4 Å². The average molecular weight is 466 g/mol. The molecular formula is C24H17ClFN3O4. The number of benzene rings is 3. The maximum absolute atomic E-state index is 13.7. The Morgan fingerprint density at radius 2 is 1.61 bits per heavy atom. The first-order chi connectivity index (χ1) is 15.9. The predicted molar refractivity (Wildman–Crippen MR) is 123 cm³/mol. The van der Waals surface area contributed by atoms with E-state index in [9.17, 15) is 18.8 Å². The van der Waals surface area contributed by atoms with Gasteiger partial charge in [0.1, 0.15) is 22.3 Å². The monoisotopic (exact) mass is 465 g/mol. The van der Waals surface area contributed by atoms with Crippen molar-refractivity contribution in [2.45, 2.75) is 0 Å². The van der Waals surface area contributed by atoms with Crippen LogP contribution in [0.3, 0.4) is 0 Å². The van der Waals surface area contributed by atoms with Crippen molar-refractivity contribution in [3.05, 3.63) is 94.9 Å². The van der Waals surface area contributed by atoms with Crippen LogP contribution in [0.1, 0.15) is 10.4 Å². The Morgan fingerprint density at radius 1 is 0.939 bits per heavy atom. The molecule has 1 aliphatic rings. The second kappa shape index (κ2) is 9.13. The minimum Gasteiger partial charge on any atom is -0.497 e. The lowest BCUT2D eigenvalue weighted by Gasteiger charge is -2.15. The van der Waals surface area contributed by atoms with Crippen LogP contribution in [0.2, 0.25) is 0 Å². The Kier molecular flexibility index (Phi) is 6.10. The molecule has 4 rings (SSSR count). The van der Waals surface area contributed by atoms with Gasteiger partial charge in [-0.15, -0.1) is 0 Å².